The van der Waals surface area contributed by atoms with Gasteiger partial charge in [0.05, 0.1) is 0 Å². The van der Waals surface area contributed by atoms with Crippen LogP contribution in [0.3, 0.4) is 0 Å². The van der Waals surface area contributed by atoms with Gasteiger partial charge in [0.2, 0.25) is 0 Å². The summed E-state index contributed by atoms with van der Waals surface area (Å²) in [5, 5.41) is 21.6. The van der Waals surface area contributed by atoms with Gasteiger partial charge in [-0.15, -0.1) is 0 Å². The Bertz CT molecular complexity index is 1130. The van der Waals surface area contributed by atoms with Crippen molar-refractivity contribution in [3.8, 4) is 17.5 Å². The zero-order valence-electron chi connectivity index (χ0n) is 18.1. The Hall–Kier alpha value is -3.78. The van der Waals surface area contributed by atoms with Crippen molar-refractivity contribution in [3.63, 3.8) is 0 Å². The largest absolute Gasteiger partial charge is 0.508 e. The maximum atomic E-state index is 12.6. The lowest BCUT2D eigenvalue weighted by Gasteiger charge is -2.11. The molecular weight excluding hydrogens is 386 g/mol. The average molecular weight is 414 g/mol. The molecule has 0 spiro atoms. The second-order valence-electron chi connectivity index (χ2n) is 7.60. The van der Waals surface area contributed by atoms with Crippen LogP contribution in [0, 0.1) is 25.2 Å². The Balaban J connectivity index is 1.85. The summed E-state index contributed by atoms with van der Waals surface area (Å²) in [7, 11) is 0. The monoisotopic (exact) mass is 413 g/mol. The number of aryl methyl sites for hydroxylation is 2. The van der Waals surface area contributed by atoms with Crippen LogP contribution in [0.2, 0.25) is 0 Å². The van der Waals surface area contributed by atoms with Crippen molar-refractivity contribution >= 4 is 17.7 Å². The molecule has 1 amide bonds. The first-order chi connectivity index (χ1) is 14.9. The summed E-state index contributed by atoms with van der Waals surface area (Å²) in [6.45, 7) is 6.19. The van der Waals surface area contributed by atoms with Crippen LogP contribution in [0.25, 0.3) is 11.8 Å². The molecule has 2 N–H and O–H groups in total. The van der Waals surface area contributed by atoms with Crippen molar-refractivity contribution in [2.24, 2.45) is 0 Å². The van der Waals surface area contributed by atoms with Crippen molar-refractivity contribution in [1.82, 2.24) is 4.57 Å². The molecule has 158 valence electrons. The van der Waals surface area contributed by atoms with Gasteiger partial charge in [0.1, 0.15) is 17.4 Å². The van der Waals surface area contributed by atoms with Gasteiger partial charge in [-0.05, 0) is 86.4 Å². The zero-order chi connectivity index (χ0) is 22.4. The van der Waals surface area contributed by atoms with Crippen LogP contribution in [0.4, 0.5) is 5.69 Å². The number of nitrogens with one attached hydrogen (secondary N) is 1. The molecule has 0 radical (unpaired) electrons. The summed E-state index contributed by atoms with van der Waals surface area (Å²) < 4.78 is 2.13. The van der Waals surface area contributed by atoms with Crippen molar-refractivity contribution in [3.05, 3.63) is 82.7 Å². The zero-order valence-corrected chi connectivity index (χ0v) is 18.1. The van der Waals surface area contributed by atoms with Gasteiger partial charge >= 0.3 is 0 Å². The van der Waals surface area contributed by atoms with E-state index in [1.165, 1.54) is 30.5 Å². The summed E-state index contributed by atoms with van der Waals surface area (Å²) in [4.78, 5) is 12.6. The van der Waals surface area contributed by atoms with Crippen LogP contribution < -0.4 is 5.32 Å². The number of unbranched alkanes of at least 4 members (excludes halogenated alkanes) is 1. The molecule has 0 fully saturated rings. The number of anilines is 1. The van der Waals surface area contributed by atoms with E-state index >= 15 is 0 Å². The first kappa shape index (κ1) is 21.9. The molecule has 0 aliphatic rings. The van der Waals surface area contributed by atoms with E-state index in [0.717, 1.165) is 29.1 Å². The number of aromatic nitrogens is 1. The van der Waals surface area contributed by atoms with Crippen LogP contribution in [0.15, 0.2) is 60.2 Å². The average Bonchev–Trinajstić information content (AvgIpc) is 3.05. The maximum Gasteiger partial charge on any atom is 0.266 e. The molecule has 31 heavy (non-hydrogen) atoms. The molecule has 0 aliphatic carbocycles. The summed E-state index contributed by atoms with van der Waals surface area (Å²) in [5.74, 6) is -0.377. The maximum absolute atomic E-state index is 12.6. The van der Waals surface area contributed by atoms with Crippen molar-refractivity contribution < 1.29 is 9.90 Å². The Morgan fingerprint density at radius 3 is 2.42 bits per heavy atom. The first-order valence-corrected chi connectivity index (χ1v) is 10.4. The number of nitrogens with zero attached hydrogens (tertiary/aromatic N) is 2. The lowest BCUT2D eigenvalue weighted by molar-refractivity contribution is -0.112. The molecule has 0 saturated carbocycles. The summed E-state index contributed by atoms with van der Waals surface area (Å²) in [6, 6.07) is 18.6. The molecule has 0 aliphatic heterocycles. The Morgan fingerprint density at radius 1 is 1.13 bits per heavy atom. The van der Waals surface area contributed by atoms with Crippen molar-refractivity contribution in [2.45, 2.75) is 40.0 Å². The van der Waals surface area contributed by atoms with Crippen LogP contribution in [0.1, 0.15) is 42.3 Å². The third-order valence-electron chi connectivity index (χ3n) is 5.27. The van der Waals surface area contributed by atoms with Crippen molar-refractivity contribution in [2.75, 3.05) is 5.32 Å². The normalized spacial score (nSPS) is 11.2. The van der Waals surface area contributed by atoms with Gasteiger partial charge in [-0.2, -0.15) is 5.26 Å². The highest BCUT2D eigenvalue weighted by atomic mass is 16.3. The van der Waals surface area contributed by atoms with Gasteiger partial charge in [-0.3, -0.25) is 4.79 Å². The minimum atomic E-state index is -0.488. The smallest absolute Gasteiger partial charge is 0.266 e. The van der Waals surface area contributed by atoms with E-state index in [1.807, 2.05) is 26.0 Å². The van der Waals surface area contributed by atoms with E-state index in [0.29, 0.717) is 5.69 Å². The van der Waals surface area contributed by atoms with Crippen LogP contribution >= 0.6 is 0 Å². The number of hydrogen-bond donors (Lipinski definition) is 2. The van der Waals surface area contributed by atoms with Gasteiger partial charge < -0.3 is 15.0 Å². The molecule has 0 atom stereocenters. The molecule has 0 saturated heterocycles. The van der Waals surface area contributed by atoms with E-state index in [-0.39, 0.29) is 11.3 Å². The molecule has 3 rings (SSSR count). The van der Waals surface area contributed by atoms with Gasteiger partial charge in [-0.1, -0.05) is 25.5 Å². The highest BCUT2D eigenvalue weighted by Gasteiger charge is 2.14. The lowest BCUT2D eigenvalue weighted by Crippen LogP contribution is -2.13. The molecule has 2 aromatic carbocycles. The fourth-order valence-corrected chi connectivity index (χ4v) is 3.57. The quantitative estimate of drug-likeness (QED) is 0.297. The number of phenols is 1. The second kappa shape index (κ2) is 9.82. The number of benzene rings is 2. The Kier molecular flexibility index (Phi) is 6.94. The predicted molar refractivity (Wildman–Crippen MR) is 124 cm³/mol. The summed E-state index contributed by atoms with van der Waals surface area (Å²) >= 11 is 0. The third-order valence-corrected chi connectivity index (χ3v) is 5.27. The highest BCUT2D eigenvalue weighted by Crippen LogP contribution is 2.24. The second-order valence-corrected chi connectivity index (χ2v) is 7.60. The molecule has 1 aromatic heterocycles. The van der Waals surface area contributed by atoms with Gasteiger partial charge in [0.15, 0.2) is 0 Å². The molecule has 0 unspecified atom stereocenters. The lowest BCUT2D eigenvalue weighted by atomic mass is 10.1. The van der Waals surface area contributed by atoms with E-state index < -0.39 is 5.91 Å². The number of nitriles is 1. The highest BCUT2D eigenvalue weighted by molar-refractivity contribution is 6.09. The molecule has 1 heterocycles. The summed E-state index contributed by atoms with van der Waals surface area (Å²) in [6.07, 6.45) is 5.05. The predicted octanol–water partition coefficient (Wildman–Crippen LogP) is 5.69. The number of phenolic OH excluding ortho intramolecular Hbond substituents is 1. The number of hydrogen-bond acceptors (Lipinski definition) is 3. The standard InChI is InChI=1S/C26H27N3O2/c1-4-5-6-20-7-11-24(12-8-20)29-18(2)15-21(19(29)3)16-22(17-27)26(31)28-23-9-13-25(30)14-10-23/h7-16,30H,4-6H2,1-3H3,(H,28,31). The van der Waals surface area contributed by atoms with E-state index in [1.54, 1.807) is 18.2 Å². The van der Waals surface area contributed by atoms with Gasteiger partial charge in [0.25, 0.3) is 5.91 Å². The number of rotatable bonds is 7. The minimum absolute atomic E-state index is 0.0169. The van der Waals surface area contributed by atoms with E-state index in [2.05, 4.69) is 41.1 Å². The number of aromatic hydroxyl groups is 1. The molecular formula is C26H27N3O2. The number of carbonyl (C=O) groups is 1. The fraction of sp³-hybridized carbons (Fsp3) is 0.231. The van der Waals surface area contributed by atoms with Gasteiger partial charge in [-0.25, -0.2) is 0 Å². The first-order valence-electron chi connectivity index (χ1n) is 10.4. The van der Waals surface area contributed by atoms with Crippen LogP contribution in [0.5, 0.6) is 5.75 Å². The molecule has 0 bridgehead atoms. The molecule has 3 aromatic rings. The van der Waals surface area contributed by atoms with Crippen LogP contribution in [-0.2, 0) is 11.2 Å². The molecule has 5 heteroatoms. The Labute approximate surface area is 183 Å². The SMILES string of the molecule is CCCCc1ccc(-n2c(C)cc(C=C(C#N)C(=O)Nc3ccc(O)cc3)c2C)cc1. The van der Waals surface area contributed by atoms with E-state index in [4.69, 9.17) is 0 Å². The number of carbonyl (C=O) groups excluding carboxylic acids is 1. The van der Waals surface area contributed by atoms with Crippen LogP contribution in [-0.4, -0.2) is 15.6 Å². The van der Waals surface area contributed by atoms with Gasteiger partial charge in [0, 0.05) is 22.8 Å². The third kappa shape index (κ3) is 5.23. The number of amides is 1. The summed E-state index contributed by atoms with van der Waals surface area (Å²) in [5.41, 5.74) is 5.73. The molecule has 5 nitrogen and oxygen atoms in total. The fourth-order valence-electron chi connectivity index (χ4n) is 3.57. The Morgan fingerprint density at radius 2 is 1.81 bits per heavy atom. The van der Waals surface area contributed by atoms with Crippen molar-refractivity contribution in [1.29, 1.82) is 5.26 Å². The topological polar surface area (TPSA) is 78.0 Å². The minimum Gasteiger partial charge on any atom is -0.508 e. The van der Waals surface area contributed by atoms with E-state index in [9.17, 15) is 15.2 Å².